The van der Waals surface area contributed by atoms with Gasteiger partial charge in [0, 0.05) is 13.1 Å². The highest BCUT2D eigenvalue weighted by Crippen LogP contribution is 2.17. The maximum atomic E-state index is 11.8. The Morgan fingerprint density at radius 1 is 1.12 bits per heavy atom. The fraction of sp³-hybridized carbons (Fsp3) is 0.333. The van der Waals surface area contributed by atoms with Crippen molar-refractivity contribution in [3.63, 3.8) is 0 Å². The van der Waals surface area contributed by atoms with Crippen molar-refractivity contribution in [2.24, 2.45) is 0 Å². The van der Waals surface area contributed by atoms with Gasteiger partial charge in [-0.15, -0.1) is 0 Å². The third-order valence-electron chi connectivity index (χ3n) is 1.96. The monoisotopic (exact) mass is 229 g/mol. The molecule has 1 aromatic rings. The van der Waals surface area contributed by atoms with Gasteiger partial charge in [-0.25, -0.2) is 0 Å². The molecule has 0 fully saturated rings. The summed E-state index contributed by atoms with van der Waals surface area (Å²) in [5.41, 5.74) is 1.04. The van der Waals surface area contributed by atoms with Gasteiger partial charge in [-0.3, -0.25) is 0 Å². The Hall–Kier alpha value is -1.29. The lowest BCUT2D eigenvalue weighted by Crippen LogP contribution is -2.21. The molecule has 0 heterocycles. The molecule has 0 bridgehead atoms. The zero-order chi connectivity index (χ0) is 11.9. The van der Waals surface area contributed by atoms with Crippen LogP contribution in [-0.2, 0) is 0 Å². The van der Waals surface area contributed by atoms with E-state index in [2.05, 4.69) is 5.32 Å². The van der Waals surface area contributed by atoms with Crippen molar-refractivity contribution in [3.05, 3.63) is 42.0 Å². The molecule has 0 radical (unpaired) electrons. The van der Waals surface area contributed by atoms with E-state index in [9.17, 15) is 13.2 Å². The van der Waals surface area contributed by atoms with E-state index in [1.54, 1.807) is 0 Å². The number of benzene rings is 1. The summed E-state index contributed by atoms with van der Waals surface area (Å²) in [7, 11) is 0. The fourth-order valence-corrected chi connectivity index (χ4v) is 1.17. The van der Waals surface area contributed by atoms with Crippen molar-refractivity contribution in [1.29, 1.82) is 0 Å². The van der Waals surface area contributed by atoms with Gasteiger partial charge < -0.3 is 5.32 Å². The Morgan fingerprint density at radius 3 is 2.44 bits per heavy atom. The maximum absolute atomic E-state index is 11.8. The summed E-state index contributed by atoms with van der Waals surface area (Å²) in [5.74, 6) is 0. The van der Waals surface area contributed by atoms with Gasteiger partial charge in [0.15, 0.2) is 0 Å². The highest BCUT2D eigenvalue weighted by Gasteiger charge is 2.25. The van der Waals surface area contributed by atoms with Gasteiger partial charge in [-0.1, -0.05) is 42.5 Å². The number of alkyl halides is 3. The molecule has 0 aromatic heterocycles. The second kappa shape index (κ2) is 6.33. The van der Waals surface area contributed by atoms with Crippen molar-refractivity contribution < 1.29 is 13.2 Å². The Balaban J connectivity index is 2.14. The molecule has 0 saturated carbocycles. The largest absolute Gasteiger partial charge is 0.390 e. The molecule has 0 spiro atoms. The molecule has 0 aliphatic heterocycles. The zero-order valence-electron chi connectivity index (χ0n) is 8.80. The molecule has 0 aliphatic carbocycles. The lowest BCUT2D eigenvalue weighted by atomic mass is 10.2. The van der Waals surface area contributed by atoms with Crippen LogP contribution in [0.25, 0.3) is 6.08 Å². The van der Waals surface area contributed by atoms with Crippen LogP contribution in [0.15, 0.2) is 36.4 Å². The Morgan fingerprint density at radius 2 is 1.81 bits per heavy atom. The lowest BCUT2D eigenvalue weighted by Gasteiger charge is -2.05. The minimum Gasteiger partial charge on any atom is -0.313 e. The molecule has 0 amide bonds. The van der Waals surface area contributed by atoms with E-state index in [0.29, 0.717) is 6.54 Å². The highest BCUT2D eigenvalue weighted by atomic mass is 19.4. The van der Waals surface area contributed by atoms with E-state index in [4.69, 9.17) is 0 Å². The Labute approximate surface area is 93.0 Å². The lowest BCUT2D eigenvalue weighted by molar-refractivity contribution is -0.133. The van der Waals surface area contributed by atoms with Gasteiger partial charge in [0.2, 0.25) is 0 Å². The van der Waals surface area contributed by atoms with Crippen molar-refractivity contribution in [2.45, 2.75) is 12.6 Å². The Kier molecular flexibility index (Phi) is 5.05. The van der Waals surface area contributed by atoms with Crippen LogP contribution in [0.4, 0.5) is 13.2 Å². The molecule has 0 aliphatic rings. The van der Waals surface area contributed by atoms with E-state index >= 15 is 0 Å². The van der Waals surface area contributed by atoms with Crippen LogP contribution in [0.3, 0.4) is 0 Å². The summed E-state index contributed by atoms with van der Waals surface area (Å²) < 4.78 is 35.3. The molecule has 0 unspecified atom stereocenters. The van der Waals surface area contributed by atoms with E-state index in [0.717, 1.165) is 5.56 Å². The van der Waals surface area contributed by atoms with Gasteiger partial charge in [0.05, 0.1) is 6.42 Å². The predicted octanol–water partition coefficient (Wildman–Crippen LogP) is 3.24. The number of nitrogens with one attached hydrogen (secondary N) is 1. The van der Waals surface area contributed by atoms with Gasteiger partial charge in [-0.2, -0.15) is 13.2 Å². The summed E-state index contributed by atoms with van der Waals surface area (Å²) in [6.07, 6.45) is -1.17. The summed E-state index contributed by atoms with van der Waals surface area (Å²) in [6.45, 7) is 0.410. The smallest absolute Gasteiger partial charge is 0.313 e. The summed E-state index contributed by atoms with van der Waals surface area (Å²) in [4.78, 5) is 0. The van der Waals surface area contributed by atoms with E-state index in [1.807, 2.05) is 42.5 Å². The van der Waals surface area contributed by atoms with E-state index < -0.39 is 12.6 Å². The quantitative estimate of drug-likeness (QED) is 0.764. The molecule has 0 saturated heterocycles. The van der Waals surface area contributed by atoms with Crippen LogP contribution in [0.2, 0.25) is 0 Å². The number of hydrogen-bond acceptors (Lipinski definition) is 1. The minimum atomic E-state index is -4.07. The van der Waals surface area contributed by atoms with Crippen molar-refractivity contribution in [3.8, 4) is 0 Å². The van der Waals surface area contributed by atoms with Crippen molar-refractivity contribution in [1.82, 2.24) is 5.32 Å². The molecule has 0 atom stereocenters. The first-order chi connectivity index (χ1) is 7.58. The molecular weight excluding hydrogens is 215 g/mol. The van der Waals surface area contributed by atoms with Crippen LogP contribution in [0.1, 0.15) is 12.0 Å². The maximum Gasteiger partial charge on any atom is 0.390 e. The molecule has 1 nitrogen and oxygen atoms in total. The molecule has 1 aromatic carbocycles. The second-order valence-electron chi connectivity index (χ2n) is 3.38. The summed E-state index contributed by atoms with van der Waals surface area (Å²) in [6, 6.07) is 9.62. The topological polar surface area (TPSA) is 12.0 Å². The van der Waals surface area contributed by atoms with Gasteiger partial charge >= 0.3 is 6.18 Å². The predicted molar refractivity (Wildman–Crippen MR) is 59.0 cm³/mol. The van der Waals surface area contributed by atoms with Gasteiger partial charge in [0.1, 0.15) is 0 Å². The van der Waals surface area contributed by atoms with Crippen LogP contribution in [-0.4, -0.2) is 19.3 Å². The highest BCUT2D eigenvalue weighted by molar-refractivity contribution is 5.48. The third-order valence-corrected chi connectivity index (χ3v) is 1.96. The molecular formula is C12H14F3N. The third kappa shape index (κ3) is 6.24. The SMILES string of the molecule is FC(F)(F)CCNCC=Cc1ccccc1. The van der Waals surface area contributed by atoms with Crippen LogP contribution in [0, 0.1) is 0 Å². The van der Waals surface area contributed by atoms with Crippen LogP contribution in [0.5, 0.6) is 0 Å². The Bertz CT molecular complexity index is 317. The molecule has 1 rings (SSSR count). The first-order valence-electron chi connectivity index (χ1n) is 5.07. The molecule has 4 heteroatoms. The van der Waals surface area contributed by atoms with E-state index in [-0.39, 0.29) is 6.54 Å². The average Bonchev–Trinajstić information content (AvgIpc) is 2.23. The first kappa shape index (κ1) is 12.8. The number of rotatable bonds is 5. The summed E-state index contributed by atoms with van der Waals surface area (Å²) in [5, 5.41) is 2.71. The normalized spacial score (nSPS) is 12.2. The van der Waals surface area contributed by atoms with Crippen molar-refractivity contribution >= 4 is 6.08 Å². The number of halogens is 3. The molecule has 1 N–H and O–H groups in total. The average molecular weight is 229 g/mol. The van der Waals surface area contributed by atoms with Crippen LogP contribution >= 0.6 is 0 Å². The van der Waals surface area contributed by atoms with Crippen LogP contribution < -0.4 is 5.32 Å². The zero-order valence-corrected chi connectivity index (χ0v) is 8.80. The summed E-state index contributed by atoms with van der Waals surface area (Å²) >= 11 is 0. The van der Waals surface area contributed by atoms with E-state index in [1.165, 1.54) is 0 Å². The van der Waals surface area contributed by atoms with Gasteiger partial charge in [-0.05, 0) is 5.56 Å². The standard InChI is InChI=1S/C12H14F3N/c13-12(14,15)8-10-16-9-4-7-11-5-2-1-3-6-11/h1-7,16H,8-10H2. The number of hydrogen-bond donors (Lipinski definition) is 1. The van der Waals surface area contributed by atoms with Crippen molar-refractivity contribution in [2.75, 3.05) is 13.1 Å². The molecule has 88 valence electrons. The second-order valence-corrected chi connectivity index (χ2v) is 3.38. The molecule has 16 heavy (non-hydrogen) atoms. The van der Waals surface area contributed by atoms with Gasteiger partial charge in [0.25, 0.3) is 0 Å². The fourth-order valence-electron chi connectivity index (χ4n) is 1.17. The first-order valence-corrected chi connectivity index (χ1v) is 5.07. The minimum absolute atomic E-state index is 0.0391.